The molecule has 37 heavy (non-hydrogen) atoms. The van der Waals surface area contributed by atoms with Gasteiger partial charge in [0.1, 0.15) is 17.3 Å². The SMILES string of the molecule is COc1cc(O)ccc1[C@@H]1Nc2ccccc2-n2c(-c3ccccc3F)c3c(=O)n(C)c(=O)n(C)c3c21. The molecule has 0 saturated carbocycles. The number of anilines is 1. The number of aromatic nitrogens is 3. The second-order valence-electron chi connectivity index (χ2n) is 9.00. The van der Waals surface area contributed by atoms with Gasteiger partial charge in [0.25, 0.3) is 5.56 Å². The highest BCUT2D eigenvalue weighted by Crippen LogP contribution is 2.47. The van der Waals surface area contributed by atoms with Gasteiger partial charge in [0, 0.05) is 31.3 Å². The summed E-state index contributed by atoms with van der Waals surface area (Å²) in [5.74, 6) is -0.0418. The predicted octanol–water partition coefficient (Wildman–Crippen LogP) is 4.06. The molecule has 2 aromatic heterocycles. The van der Waals surface area contributed by atoms with E-state index in [0.717, 1.165) is 10.3 Å². The lowest BCUT2D eigenvalue weighted by Gasteiger charge is -2.32. The van der Waals surface area contributed by atoms with E-state index in [4.69, 9.17) is 4.74 Å². The van der Waals surface area contributed by atoms with Crippen LogP contribution in [0.25, 0.3) is 27.8 Å². The second-order valence-corrected chi connectivity index (χ2v) is 9.00. The van der Waals surface area contributed by atoms with Gasteiger partial charge in [0.15, 0.2) is 0 Å². The summed E-state index contributed by atoms with van der Waals surface area (Å²) < 4.78 is 25.3. The van der Waals surface area contributed by atoms with Crippen LogP contribution in [0, 0.1) is 5.82 Å². The van der Waals surface area contributed by atoms with Gasteiger partial charge in [0.05, 0.1) is 46.8 Å². The van der Waals surface area contributed by atoms with E-state index in [9.17, 15) is 14.7 Å². The first-order chi connectivity index (χ1) is 17.8. The normalized spacial score (nSPS) is 14.2. The second kappa shape index (κ2) is 8.12. The molecule has 9 heteroatoms. The van der Waals surface area contributed by atoms with Crippen LogP contribution < -0.4 is 21.3 Å². The Morgan fingerprint density at radius 1 is 0.973 bits per heavy atom. The average molecular weight is 499 g/mol. The zero-order chi connectivity index (χ0) is 26.0. The van der Waals surface area contributed by atoms with E-state index >= 15 is 4.39 Å². The molecule has 0 amide bonds. The molecule has 0 fully saturated rings. The van der Waals surface area contributed by atoms with Crippen LogP contribution in [0.5, 0.6) is 11.5 Å². The van der Waals surface area contributed by atoms with Crippen LogP contribution in [-0.2, 0) is 14.1 Å². The first kappa shape index (κ1) is 22.7. The molecule has 1 aliphatic heterocycles. The van der Waals surface area contributed by atoms with Crippen LogP contribution in [0.1, 0.15) is 17.3 Å². The summed E-state index contributed by atoms with van der Waals surface area (Å²) in [4.78, 5) is 26.8. The van der Waals surface area contributed by atoms with Gasteiger partial charge in [-0.1, -0.05) is 24.3 Å². The summed E-state index contributed by atoms with van der Waals surface area (Å²) in [6.45, 7) is 0. The molecule has 0 bridgehead atoms. The van der Waals surface area contributed by atoms with E-state index in [1.165, 1.54) is 30.9 Å². The van der Waals surface area contributed by atoms with Gasteiger partial charge in [-0.15, -0.1) is 0 Å². The highest BCUT2D eigenvalue weighted by molar-refractivity contribution is 5.99. The minimum absolute atomic E-state index is 0.0327. The van der Waals surface area contributed by atoms with Crippen molar-refractivity contribution in [3.63, 3.8) is 0 Å². The maximum atomic E-state index is 15.4. The number of aromatic hydroxyl groups is 1. The molecule has 186 valence electrons. The highest BCUT2D eigenvalue weighted by Gasteiger charge is 2.36. The van der Waals surface area contributed by atoms with Crippen LogP contribution in [0.4, 0.5) is 10.1 Å². The van der Waals surface area contributed by atoms with Crippen molar-refractivity contribution in [3.8, 4) is 28.4 Å². The summed E-state index contributed by atoms with van der Waals surface area (Å²) in [7, 11) is 4.52. The number of phenolic OH excluding ortho intramolecular Hbond substituents is 1. The number of benzene rings is 3. The number of para-hydroxylation sites is 2. The maximum absolute atomic E-state index is 15.4. The van der Waals surface area contributed by atoms with E-state index in [1.54, 1.807) is 37.4 Å². The van der Waals surface area contributed by atoms with Gasteiger partial charge >= 0.3 is 5.69 Å². The third kappa shape index (κ3) is 3.13. The fraction of sp³-hybridized carbons (Fsp3) is 0.143. The van der Waals surface area contributed by atoms with Gasteiger partial charge in [-0.2, -0.15) is 0 Å². The number of nitrogens with one attached hydrogen (secondary N) is 1. The zero-order valence-corrected chi connectivity index (χ0v) is 20.3. The van der Waals surface area contributed by atoms with Crippen LogP contribution in [0.3, 0.4) is 0 Å². The summed E-state index contributed by atoms with van der Waals surface area (Å²) >= 11 is 0. The van der Waals surface area contributed by atoms with Crippen molar-refractivity contribution < 1.29 is 14.2 Å². The largest absolute Gasteiger partial charge is 0.508 e. The number of nitrogens with zero attached hydrogens (tertiary/aromatic N) is 3. The lowest BCUT2D eigenvalue weighted by atomic mass is 9.98. The van der Waals surface area contributed by atoms with Crippen molar-refractivity contribution in [1.82, 2.24) is 13.7 Å². The fourth-order valence-electron chi connectivity index (χ4n) is 5.30. The molecule has 5 aromatic rings. The molecule has 1 aliphatic rings. The highest BCUT2D eigenvalue weighted by atomic mass is 19.1. The van der Waals surface area contributed by atoms with E-state index < -0.39 is 23.1 Å². The molecule has 3 aromatic carbocycles. The molecule has 2 N–H and O–H groups in total. The number of fused-ring (bicyclic) bond motifs is 5. The molecule has 8 nitrogen and oxygen atoms in total. The topological polar surface area (TPSA) is 90.4 Å². The Morgan fingerprint density at radius 2 is 1.70 bits per heavy atom. The third-order valence-electron chi connectivity index (χ3n) is 6.98. The molecular formula is C28H23FN4O4. The predicted molar refractivity (Wildman–Crippen MR) is 139 cm³/mol. The van der Waals surface area contributed by atoms with Crippen molar-refractivity contribution in [3.05, 3.63) is 105 Å². The van der Waals surface area contributed by atoms with Crippen LogP contribution in [0.15, 0.2) is 76.3 Å². The minimum atomic E-state index is -0.605. The Kier molecular flexibility index (Phi) is 4.98. The lowest BCUT2D eigenvalue weighted by Crippen LogP contribution is -2.37. The van der Waals surface area contributed by atoms with Crippen molar-refractivity contribution in [2.45, 2.75) is 6.04 Å². The summed E-state index contributed by atoms with van der Waals surface area (Å²) in [5, 5.41) is 13.8. The monoisotopic (exact) mass is 498 g/mol. The Hall–Kier alpha value is -4.79. The van der Waals surface area contributed by atoms with Gasteiger partial charge in [0.2, 0.25) is 0 Å². The van der Waals surface area contributed by atoms with E-state index in [0.29, 0.717) is 33.9 Å². The molecule has 0 radical (unpaired) electrons. The molecular weight excluding hydrogens is 475 g/mol. The number of methoxy groups -OCH3 is 1. The van der Waals surface area contributed by atoms with Crippen LogP contribution >= 0.6 is 0 Å². The Morgan fingerprint density at radius 3 is 2.46 bits per heavy atom. The van der Waals surface area contributed by atoms with Gasteiger partial charge in [-0.05, 0) is 36.4 Å². The van der Waals surface area contributed by atoms with E-state index in [-0.39, 0.29) is 16.7 Å². The van der Waals surface area contributed by atoms with Gasteiger partial charge < -0.3 is 19.7 Å². The number of phenols is 1. The van der Waals surface area contributed by atoms with Crippen molar-refractivity contribution in [2.75, 3.05) is 12.4 Å². The molecule has 3 heterocycles. The summed E-state index contributed by atoms with van der Waals surface area (Å²) in [6.07, 6.45) is 0. The summed E-state index contributed by atoms with van der Waals surface area (Å²) in [6, 6.07) is 18.0. The summed E-state index contributed by atoms with van der Waals surface area (Å²) in [5.41, 5.74) is 2.66. The van der Waals surface area contributed by atoms with Gasteiger partial charge in [-0.25, -0.2) is 9.18 Å². The number of aryl methyl sites for hydroxylation is 1. The van der Waals surface area contributed by atoms with Crippen LogP contribution in [-0.4, -0.2) is 25.9 Å². The first-order valence-electron chi connectivity index (χ1n) is 11.7. The zero-order valence-electron chi connectivity index (χ0n) is 20.3. The third-order valence-corrected chi connectivity index (χ3v) is 6.98. The quantitative estimate of drug-likeness (QED) is 0.392. The number of hydrogen-bond acceptors (Lipinski definition) is 5. The minimum Gasteiger partial charge on any atom is -0.508 e. The molecule has 1 atom stereocenters. The number of halogens is 1. The fourth-order valence-corrected chi connectivity index (χ4v) is 5.30. The Bertz CT molecular complexity index is 1850. The Labute approximate surface area is 210 Å². The van der Waals surface area contributed by atoms with E-state index in [1.807, 2.05) is 28.8 Å². The lowest BCUT2D eigenvalue weighted by molar-refractivity contribution is 0.401. The first-order valence-corrected chi connectivity index (χ1v) is 11.7. The van der Waals surface area contributed by atoms with E-state index in [2.05, 4.69) is 5.32 Å². The van der Waals surface area contributed by atoms with Crippen molar-refractivity contribution in [1.29, 1.82) is 0 Å². The van der Waals surface area contributed by atoms with Crippen molar-refractivity contribution in [2.24, 2.45) is 14.1 Å². The molecule has 0 saturated heterocycles. The smallest absolute Gasteiger partial charge is 0.331 e. The van der Waals surface area contributed by atoms with Crippen molar-refractivity contribution >= 4 is 16.6 Å². The number of ether oxygens (including phenoxy) is 1. The average Bonchev–Trinajstić information content (AvgIpc) is 3.27. The van der Waals surface area contributed by atoms with Crippen LogP contribution in [0.2, 0.25) is 0 Å². The maximum Gasteiger partial charge on any atom is 0.331 e. The molecule has 0 aliphatic carbocycles. The Balaban J connectivity index is 1.88. The number of rotatable bonds is 3. The molecule has 6 rings (SSSR count). The van der Waals surface area contributed by atoms with Gasteiger partial charge in [-0.3, -0.25) is 13.9 Å². The number of hydrogen-bond donors (Lipinski definition) is 2. The standard InChI is InChI=1S/C28H23FN4O4/c1-31-25-22(27(35)32(2)28(31)36)24(16-8-4-5-9-18(16)29)33-20-11-7-6-10-19(20)30-23(26(25)33)17-13-12-15(34)14-21(17)37-3/h4-14,23,30,34H,1-3H3/t23-/m0/s1. The molecule has 0 unspecified atom stereocenters. The molecule has 0 spiro atoms.